The lowest BCUT2D eigenvalue weighted by molar-refractivity contribution is 0.215. The molecule has 26 heavy (non-hydrogen) atoms. The molecule has 10 nitrogen and oxygen atoms in total. The molecule has 2 rings (SSSR count). The Morgan fingerprint density at radius 1 is 1.46 bits per heavy atom. The minimum absolute atomic E-state index is 0.131. The Hall–Kier alpha value is -3.11. The number of aromatic nitrogens is 2. The SMILES string of the molecule is CO/N=C/c1c(N)ncnc1Oc1ccc(NC(=O)NCCO)c(Cl)c1. The molecule has 0 radical (unpaired) electrons. The van der Waals surface area contributed by atoms with E-state index in [1.165, 1.54) is 25.7 Å². The zero-order chi connectivity index (χ0) is 18.9. The molecular weight excluding hydrogens is 364 g/mol. The summed E-state index contributed by atoms with van der Waals surface area (Å²) in [5, 5.41) is 17.6. The van der Waals surface area contributed by atoms with Crippen molar-refractivity contribution in [1.29, 1.82) is 0 Å². The van der Waals surface area contributed by atoms with E-state index in [-0.39, 0.29) is 29.9 Å². The second-order valence-corrected chi connectivity index (χ2v) is 5.15. The standard InChI is InChI=1S/C15H17ClN6O4/c1-25-21-7-10-13(17)19-8-20-14(10)26-9-2-3-12(11(16)6-9)22-15(24)18-4-5-23/h2-3,6-8,23H,4-5H2,1H3,(H2,17,19,20)(H2,18,22,24)/b21-7+. The van der Waals surface area contributed by atoms with Gasteiger partial charge in [-0.2, -0.15) is 0 Å². The van der Waals surface area contributed by atoms with Crippen LogP contribution in [0.3, 0.4) is 0 Å². The van der Waals surface area contributed by atoms with Crippen molar-refractivity contribution < 1.29 is 19.5 Å². The van der Waals surface area contributed by atoms with Gasteiger partial charge in [-0.3, -0.25) is 0 Å². The van der Waals surface area contributed by atoms with Gasteiger partial charge in [0.25, 0.3) is 0 Å². The molecule has 1 aromatic heterocycles. The number of urea groups is 1. The number of hydrogen-bond acceptors (Lipinski definition) is 8. The van der Waals surface area contributed by atoms with Gasteiger partial charge in [0, 0.05) is 12.6 Å². The Bertz CT molecular complexity index is 802. The number of ether oxygens (including phenoxy) is 1. The number of rotatable bonds is 7. The molecule has 1 heterocycles. The van der Waals surface area contributed by atoms with Crippen LogP contribution in [0, 0.1) is 0 Å². The van der Waals surface area contributed by atoms with Crippen LogP contribution in [-0.4, -0.2) is 47.6 Å². The molecule has 0 aliphatic carbocycles. The third-order valence-corrected chi connectivity index (χ3v) is 3.28. The van der Waals surface area contributed by atoms with E-state index in [2.05, 4.69) is 30.6 Å². The van der Waals surface area contributed by atoms with Crippen molar-refractivity contribution in [3.63, 3.8) is 0 Å². The van der Waals surface area contributed by atoms with Gasteiger partial charge in [0.05, 0.1) is 23.5 Å². The number of oxime groups is 1. The lowest BCUT2D eigenvalue weighted by atomic mass is 10.3. The smallest absolute Gasteiger partial charge is 0.319 e. The first-order valence-electron chi connectivity index (χ1n) is 7.35. The number of nitrogens with two attached hydrogens (primary N) is 1. The van der Waals surface area contributed by atoms with E-state index in [1.54, 1.807) is 12.1 Å². The summed E-state index contributed by atoms with van der Waals surface area (Å²) in [4.78, 5) is 24.1. The molecule has 0 aliphatic heterocycles. The van der Waals surface area contributed by atoms with Gasteiger partial charge in [-0.1, -0.05) is 16.8 Å². The fourth-order valence-corrected chi connectivity index (χ4v) is 2.03. The summed E-state index contributed by atoms with van der Waals surface area (Å²) >= 11 is 6.15. The summed E-state index contributed by atoms with van der Waals surface area (Å²) in [7, 11) is 1.39. The van der Waals surface area contributed by atoms with Crippen molar-refractivity contribution in [1.82, 2.24) is 15.3 Å². The van der Waals surface area contributed by atoms with Gasteiger partial charge in [-0.25, -0.2) is 14.8 Å². The Morgan fingerprint density at radius 3 is 2.96 bits per heavy atom. The minimum Gasteiger partial charge on any atom is -0.438 e. The number of anilines is 2. The maximum atomic E-state index is 11.6. The van der Waals surface area contributed by atoms with E-state index in [4.69, 9.17) is 27.2 Å². The van der Waals surface area contributed by atoms with E-state index >= 15 is 0 Å². The van der Waals surface area contributed by atoms with Gasteiger partial charge in [-0.15, -0.1) is 0 Å². The Kier molecular flexibility index (Phi) is 6.94. The quantitative estimate of drug-likeness (QED) is 0.421. The van der Waals surface area contributed by atoms with E-state index < -0.39 is 6.03 Å². The third kappa shape index (κ3) is 5.19. The first-order valence-corrected chi connectivity index (χ1v) is 7.73. The summed E-state index contributed by atoms with van der Waals surface area (Å²) in [5.74, 6) is 0.693. The maximum Gasteiger partial charge on any atom is 0.319 e. The molecule has 0 aliphatic rings. The predicted molar refractivity (Wildman–Crippen MR) is 96.7 cm³/mol. The molecule has 0 fully saturated rings. The zero-order valence-electron chi connectivity index (χ0n) is 13.8. The van der Waals surface area contributed by atoms with Gasteiger partial charge in [0.1, 0.15) is 30.6 Å². The first kappa shape index (κ1) is 19.2. The number of aliphatic hydroxyl groups excluding tert-OH is 1. The highest BCUT2D eigenvalue weighted by atomic mass is 35.5. The summed E-state index contributed by atoms with van der Waals surface area (Å²) in [6, 6.07) is 4.15. The fraction of sp³-hybridized carbons (Fsp3) is 0.200. The Labute approximate surface area is 154 Å². The summed E-state index contributed by atoms with van der Waals surface area (Å²) in [6.45, 7) is -0.0315. The van der Waals surface area contributed by atoms with Gasteiger partial charge < -0.3 is 31.0 Å². The molecule has 11 heteroatoms. The monoisotopic (exact) mass is 380 g/mol. The summed E-state index contributed by atoms with van der Waals surface area (Å²) < 4.78 is 5.67. The van der Waals surface area contributed by atoms with Crippen molar-refractivity contribution in [2.75, 3.05) is 31.3 Å². The van der Waals surface area contributed by atoms with Crippen LogP contribution in [-0.2, 0) is 4.84 Å². The van der Waals surface area contributed by atoms with E-state index in [1.807, 2.05) is 0 Å². The van der Waals surface area contributed by atoms with Crippen molar-refractivity contribution in [2.45, 2.75) is 0 Å². The number of amides is 2. The van der Waals surface area contributed by atoms with Crippen LogP contribution in [0.1, 0.15) is 5.56 Å². The van der Waals surface area contributed by atoms with Crippen LogP contribution >= 0.6 is 11.6 Å². The molecule has 0 saturated heterocycles. The van der Waals surface area contributed by atoms with Crippen LogP contribution in [0.4, 0.5) is 16.3 Å². The van der Waals surface area contributed by atoms with E-state index in [0.717, 1.165) is 0 Å². The molecule has 0 atom stereocenters. The van der Waals surface area contributed by atoms with Gasteiger partial charge >= 0.3 is 6.03 Å². The maximum absolute atomic E-state index is 11.6. The minimum atomic E-state index is -0.490. The first-order chi connectivity index (χ1) is 12.5. The Balaban J connectivity index is 2.17. The van der Waals surface area contributed by atoms with Crippen LogP contribution in [0.25, 0.3) is 0 Å². The number of benzene rings is 1. The average Bonchev–Trinajstić information content (AvgIpc) is 2.62. The van der Waals surface area contributed by atoms with Crippen molar-refractivity contribution in [3.8, 4) is 11.6 Å². The number of aliphatic hydroxyl groups is 1. The summed E-state index contributed by atoms with van der Waals surface area (Å²) in [5.41, 5.74) is 6.50. The largest absolute Gasteiger partial charge is 0.438 e. The highest BCUT2D eigenvalue weighted by Gasteiger charge is 2.12. The van der Waals surface area contributed by atoms with Crippen molar-refractivity contribution in [3.05, 3.63) is 35.1 Å². The van der Waals surface area contributed by atoms with E-state index in [0.29, 0.717) is 17.0 Å². The van der Waals surface area contributed by atoms with Gasteiger partial charge in [0.15, 0.2) is 0 Å². The van der Waals surface area contributed by atoms with Gasteiger partial charge in [0.2, 0.25) is 5.88 Å². The lowest BCUT2D eigenvalue weighted by Gasteiger charge is -2.11. The molecule has 5 N–H and O–H groups in total. The predicted octanol–water partition coefficient (Wildman–Crippen LogP) is 1.60. The van der Waals surface area contributed by atoms with Crippen molar-refractivity contribution >= 4 is 35.4 Å². The number of halogens is 1. The number of carbonyl (C=O) groups excluding carboxylic acids is 1. The molecule has 138 valence electrons. The molecule has 1 aromatic carbocycles. The second-order valence-electron chi connectivity index (χ2n) is 4.74. The zero-order valence-corrected chi connectivity index (χ0v) is 14.5. The number of hydrogen-bond donors (Lipinski definition) is 4. The molecule has 2 aromatic rings. The van der Waals surface area contributed by atoms with Crippen LogP contribution in [0.15, 0.2) is 29.7 Å². The van der Waals surface area contributed by atoms with Crippen LogP contribution in [0.5, 0.6) is 11.6 Å². The normalized spacial score (nSPS) is 10.6. The third-order valence-electron chi connectivity index (χ3n) is 2.97. The number of nitrogens with zero attached hydrogens (tertiary/aromatic N) is 3. The van der Waals surface area contributed by atoms with Crippen LogP contribution in [0.2, 0.25) is 5.02 Å². The average molecular weight is 381 g/mol. The number of nitrogens with one attached hydrogen (secondary N) is 2. The highest BCUT2D eigenvalue weighted by molar-refractivity contribution is 6.33. The molecule has 0 spiro atoms. The lowest BCUT2D eigenvalue weighted by Crippen LogP contribution is -2.31. The van der Waals surface area contributed by atoms with Crippen molar-refractivity contribution in [2.24, 2.45) is 5.16 Å². The molecule has 0 saturated carbocycles. The highest BCUT2D eigenvalue weighted by Crippen LogP contribution is 2.30. The summed E-state index contributed by atoms with van der Waals surface area (Å²) in [6.07, 6.45) is 2.57. The number of carbonyl (C=O) groups is 1. The molecule has 0 unspecified atom stereocenters. The van der Waals surface area contributed by atoms with Crippen LogP contribution < -0.4 is 21.1 Å². The molecular formula is C15H17ClN6O4. The molecule has 0 bridgehead atoms. The van der Waals surface area contributed by atoms with E-state index in [9.17, 15) is 4.79 Å². The second kappa shape index (κ2) is 9.39. The van der Waals surface area contributed by atoms with Gasteiger partial charge in [-0.05, 0) is 12.1 Å². The Morgan fingerprint density at radius 2 is 2.27 bits per heavy atom. The number of nitrogen functional groups attached to an aromatic ring is 1. The topological polar surface area (TPSA) is 144 Å². The molecule has 2 amide bonds. The fourth-order valence-electron chi connectivity index (χ4n) is 1.81.